The van der Waals surface area contributed by atoms with Crippen LogP contribution in [-0.2, 0) is 31.6 Å². The van der Waals surface area contributed by atoms with E-state index in [-0.39, 0.29) is 19.0 Å². The molecule has 0 unspecified atom stereocenters. The summed E-state index contributed by atoms with van der Waals surface area (Å²) in [7, 11) is 0.341. The van der Waals surface area contributed by atoms with Crippen molar-refractivity contribution in [2.24, 2.45) is 5.92 Å². The summed E-state index contributed by atoms with van der Waals surface area (Å²) in [6.07, 6.45) is 2.47. The third-order valence-electron chi connectivity index (χ3n) is 6.07. The maximum absolute atomic E-state index is 12.8. The third kappa shape index (κ3) is 13.1. The minimum atomic E-state index is -1.26. The average Bonchev–Trinajstić information content (AvgIpc) is 3.61. The van der Waals surface area contributed by atoms with Crippen LogP contribution >= 0.6 is 22.7 Å². The van der Waals surface area contributed by atoms with Crippen LogP contribution in [0.2, 0.25) is 0 Å². The van der Waals surface area contributed by atoms with E-state index in [1.54, 1.807) is 26.2 Å². The Bertz CT molecular complexity index is 1240. The van der Waals surface area contributed by atoms with Crippen molar-refractivity contribution in [3.05, 3.63) is 21.5 Å². The second-order valence-electron chi connectivity index (χ2n) is 11.5. The van der Waals surface area contributed by atoms with Gasteiger partial charge in [-0.15, -0.1) is 22.7 Å². The van der Waals surface area contributed by atoms with Gasteiger partial charge in [0.05, 0.1) is 35.6 Å². The van der Waals surface area contributed by atoms with Crippen molar-refractivity contribution in [2.75, 3.05) is 37.9 Å². The van der Waals surface area contributed by atoms with Gasteiger partial charge in [0.15, 0.2) is 0 Å². The fourth-order valence-corrected chi connectivity index (χ4v) is 5.96. The molecule has 0 bridgehead atoms. The van der Waals surface area contributed by atoms with Crippen LogP contribution in [0.1, 0.15) is 56.5 Å². The Hall–Kier alpha value is -2.79. The second-order valence-corrected chi connectivity index (χ2v) is 15.7. The lowest BCUT2D eigenvalue weighted by atomic mass is 10.0. The van der Waals surface area contributed by atoms with Crippen LogP contribution in [0, 0.1) is 5.92 Å². The molecule has 0 saturated carbocycles. The number of nitrogens with zero attached hydrogens (tertiary/aromatic N) is 2. The highest BCUT2D eigenvalue weighted by Crippen LogP contribution is 2.25. The van der Waals surface area contributed by atoms with Gasteiger partial charge in [0.2, 0.25) is 11.8 Å². The van der Waals surface area contributed by atoms with Crippen LogP contribution in [0.3, 0.4) is 0 Å². The monoisotopic (exact) mass is 673 g/mol. The Balaban J connectivity index is 1.83. The highest BCUT2D eigenvalue weighted by molar-refractivity contribution is 7.95. The molecule has 13 nitrogen and oxygen atoms in total. The molecule has 0 aliphatic rings. The predicted molar refractivity (Wildman–Crippen MR) is 174 cm³/mol. The molecule has 0 fully saturated rings. The number of nitrogens with one attached hydrogen (secondary N) is 4. The fourth-order valence-electron chi connectivity index (χ4n) is 3.62. The van der Waals surface area contributed by atoms with Crippen molar-refractivity contribution in [1.82, 2.24) is 31.2 Å². The van der Waals surface area contributed by atoms with Gasteiger partial charge in [0.1, 0.15) is 33.8 Å². The zero-order valence-electron chi connectivity index (χ0n) is 26.3. The summed E-state index contributed by atoms with van der Waals surface area (Å²) in [5.41, 5.74) is 0.282. The Kier molecular flexibility index (Phi) is 15.0. The van der Waals surface area contributed by atoms with Crippen molar-refractivity contribution in [3.63, 3.8) is 0 Å². The molecule has 0 radical (unpaired) electrons. The molecule has 44 heavy (non-hydrogen) atoms. The normalized spacial score (nSPS) is 14.3. The number of hydrogen-bond donors (Lipinski definition) is 6. The number of carbonyl (C=O) groups is 4. The maximum atomic E-state index is 12.8. The molecule has 0 aliphatic heterocycles. The number of alkyl carbamates (subject to hydrolysis) is 1. The number of thiazole rings is 2. The first-order valence-electron chi connectivity index (χ1n) is 14.2. The van der Waals surface area contributed by atoms with E-state index in [2.05, 4.69) is 43.7 Å². The first-order chi connectivity index (χ1) is 20.6. The molecule has 2 rings (SSSR count). The quantitative estimate of drug-likeness (QED) is 0.113. The SMILES string of the molecule is C[C@@H](O)[C@H](NC(=O)[C@H](C)[C@@H](O)CNC(=O)OC(C)(C)C)C(=O)NCCc1nc(-c2nc(C(=O)NCCC[S+](C)C)cs2)cs1. The summed E-state index contributed by atoms with van der Waals surface area (Å²) in [5.74, 6) is -1.39. The highest BCUT2D eigenvalue weighted by atomic mass is 32.2. The first kappa shape index (κ1) is 37.4. The van der Waals surface area contributed by atoms with Crippen LogP contribution in [0.4, 0.5) is 4.79 Å². The zero-order chi connectivity index (χ0) is 33.0. The smallest absolute Gasteiger partial charge is 0.407 e. The third-order valence-corrected chi connectivity index (χ3v) is 8.95. The Labute approximate surface area is 269 Å². The van der Waals surface area contributed by atoms with Crippen LogP contribution in [0.15, 0.2) is 10.8 Å². The van der Waals surface area contributed by atoms with Crippen LogP contribution < -0.4 is 21.3 Å². The van der Waals surface area contributed by atoms with Gasteiger partial charge in [-0.25, -0.2) is 14.8 Å². The van der Waals surface area contributed by atoms with Crippen molar-refractivity contribution in [1.29, 1.82) is 0 Å². The summed E-state index contributed by atoms with van der Waals surface area (Å²) in [4.78, 5) is 58.7. The molecular weight excluding hydrogens is 629 g/mol. The lowest BCUT2D eigenvalue weighted by molar-refractivity contribution is -0.135. The summed E-state index contributed by atoms with van der Waals surface area (Å²) in [6.45, 7) is 8.49. The molecule has 0 spiro atoms. The Morgan fingerprint density at radius 2 is 1.68 bits per heavy atom. The molecule has 0 aromatic carbocycles. The Morgan fingerprint density at radius 3 is 2.32 bits per heavy atom. The number of carbonyl (C=O) groups excluding carboxylic acids is 4. The summed E-state index contributed by atoms with van der Waals surface area (Å²) < 4.78 is 5.11. The second kappa shape index (κ2) is 17.6. The number of aromatic nitrogens is 2. The first-order valence-corrected chi connectivity index (χ1v) is 18.2. The standard InChI is InChI=1S/C28H44N6O7S3/c1-16(20(36)13-31-27(40)41-28(3,4)5)23(37)34-22(17(2)35)25(39)30-11-9-21-32-19(15-42-21)26-33-18(14-43-26)24(38)29-10-8-12-44(6)7/h14-17,20,22,35-36H,8-13H2,1-7H3,(H3-,29,30,31,34,37,38,39,40)/p+1/t16-,17-,20+,22+/m1/s1. The largest absolute Gasteiger partial charge is 0.444 e. The van der Waals surface area contributed by atoms with E-state index in [4.69, 9.17) is 4.74 Å². The molecule has 246 valence electrons. The van der Waals surface area contributed by atoms with Crippen LogP contribution in [0.25, 0.3) is 10.7 Å². The van der Waals surface area contributed by atoms with E-state index in [1.165, 1.54) is 36.5 Å². The van der Waals surface area contributed by atoms with Crippen LogP contribution in [-0.4, -0.2) is 106 Å². The Morgan fingerprint density at radius 1 is 0.977 bits per heavy atom. The maximum Gasteiger partial charge on any atom is 0.407 e. The molecule has 16 heteroatoms. The number of rotatable bonds is 16. The van der Waals surface area contributed by atoms with Crippen molar-refractivity contribution < 1.29 is 34.1 Å². The number of hydrogen-bond acceptors (Lipinski definition) is 11. The van der Waals surface area contributed by atoms with Gasteiger partial charge in [-0.1, -0.05) is 6.92 Å². The van der Waals surface area contributed by atoms with Gasteiger partial charge in [-0.05, 0) is 38.6 Å². The van der Waals surface area contributed by atoms with Crippen molar-refractivity contribution in [3.8, 4) is 10.7 Å². The minimum absolute atomic E-state index is 0.200. The summed E-state index contributed by atoms with van der Waals surface area (Å²) >= 11 is 2.73. The molecule has 2 heterocycles. The molecule has 0 saturated heterocycles. The average molecular weight is 674 g/mol. The van der Waals surface area contributed by atoms with E-state index in [0.717, 1.165) is 17.2 Å². The van der Waals surface area contributed by atoms with E-state index >= 15 is 0 Å². The molecule has 0 aliphatic carbocycles. The molecule has 4 amide bonds. The fraction of sp³-hybridized carbons (Fsp3) is 0.643. The van der Waals surface area contributed by atoms with E-state index in [9.17, 15) is 29.4 Å². The zero-order valence-corrected chi connectivity index (χ0v) is 28.7. The summed E-state index contributed by atoms with van der Waals surface area (Å²) in [5, 5.41) is 35.9. The number of aliphatic hydroxyl groups is 2. The lowest BCUT2D eigenvalue weighted by Gasteiger charge is -2.25. The molecule has 4 atom stereocenters. The molecule has 2 aromatic rings. The number of ether oxygens (including phenoxy) is 1. The van der Waals surface area contributed by atoms with Crippen molar-refractivity contribution in [2.45, 2.75) is 71.3 Å². The van der Waals surface area contributed by atoms with Gasteiger partial charge in [-0.3, -0.25) is 14.4 Å². The van der Waals surface area contributed by atoms with Gasteiger partial charge in [-0.2, -0.15) is 0 Å². The van der Waals surface area contributed by atoms with E-state index < -0.39 is 47.7 Å². The van der Waals surface area contributed by atoms with E-state index in [1.807, 2.05) is 5.38 Å². The predicted octanol–water partition coefficient (Wildman–Crippen LogP) is 1.31. The van der Waals surface area contributed by atoms with Gasteiger partial charge >= 0.3 is 6.09 Å². The van der Waals surface area contributed by atoms with Gasteiger partial charge < -0.3 is 36.2 Å². The van der Waals surface area contributed by atoms with Gasteiger partial charge in [0.25, 0.3) is 5.91 Å². The topological polar surface area (TPSA) is 192 Å². The molecule has 6 N–H and O–H groups in total. The van der Waals surface area contributed by atoms with Gasteiger partial charge in [0, 0.05) is 43.2 Å². The van der Waals surface area contributed by atoms with Crippen LogP contribution in [0.5, 0.6) is 0 Å². The van der Waals surface area contributed by atoms with E-state index in [0.29, 0.717) is 40.3 Å². The highest BCUT2D eigenvalue weighted by Gasteiger charge is 2.30. The lowest BCUT2D eigenvalue weighted by Crippen LogP contribution is -2.55. The number of aliphatic hydroxyl groups excluding tert-OH is 2. The number of amides is 4. The minimum Gasteiger partial charge on any atom is -0.444 e. The molecule has 2 aromatic heterocycles. The van der Waals surface area contributed by atoms with Crippen molar-refractivity contribution >= 4 is 57.4 Å². The molecular formula is C28H45N6O7S3+. The summed E-state index contributed by atoms with van der Waals surface area (Å²) in [6, 6.07) is -1.26.